The zero-order valence-corrected chi connectivity index (χ0v) is 28.2. The third kappa shape index (κ3) is 11.7. The number of fused-ring (bicyclic) bond motifs is 1. The standard InChI is InChI=1S/C30H36O6S6/c1-3-27(31)35-25(17-37-19-29-39-9-10-40-29)15-33-23-7-5-22-14-24(8-6-21(22)13-23)34-16-26(36-28(32)4-2)18-38-20-30-41-11-12-42-30/h3-8,13-14,25-26,29-30H,1-2,9-12,15-20H2. The number of esters is 2. The first-order chi connectivity index (χ1) is 20.5. The second-order valence-electron chi connectivity index (χ2n) is 9.24. The van der Waals surface area contributed by atoms with Crippen molar-refractivity contribution < 1.29 is 28.5 Å². The van der Waals surface area contributed by atoms with Gasteiger partial charge in [-0.3, -0.25) is 0 Å². The molecule has 2 heterocycles. The minimum absolute atomic E-state index is 0.269. The Bertz CT molecular complexity index is 1090. The van der Waals surface area contributed by atoms with E-state index in [0.717, 1.165) is 22.3 Å². The van der Waals surface area contributed by atoms with Gasteiger partial charge in [-0.15, -0.1) is 47.0 Å². The zero-order valence-electron chi connectivity index (χ0n) is 23.3. The van der Waals surface area contributed by atoms with E-state index in [0.29, 0.717) is 32.2 Å². The second-order valence-corrected chi connectivity index (χ2v) is 17.2. The third-order valence-corrected chi connectivity index (χ3v) is 15.3. The molecule has 12 heteroatoms. The van der Waals surface area contributed by atoms with Gasteiger partial charge in [0.25, 0.3) is 0 Å². The molecular weight excluding hydrogens is 649 g/mol. The lowest BCUT2D eigenvalue weighted by molar-refractivity contribution is -0.144. The number of benzene rings is 2. The summed E-state index contributed by atoms with van der Waals surface area (Å²) < 4.78 is 24.4. The summed E-state index contributed by atoms with van der Waals surface area (Å²) in [7, 11) is 0. The van der Waals surface area contributed by atoms with Crippen molar-refractivity contribution >= 4 is 93.3 Å². The Morgan fingerprint density at radius 3 is 1.52 bits per heavy atom. The number of hydrogen-bond donors (Lipinski definition) is 0. The Morgan fingerprint density at radius 2 is 1.14 bits per heavy atom. The highest BCUT2D eigenvalue weighted by atomic mass is 32.2. The smallest absolute Gasteiger partial charge is 0.330 e. The van der Waals surface area contributed by atoms with Crippen LogP contribution in [-0.4, -0.2) is 92.5 Å². The Hall–Kier alpha value is -1.18. The summed E-state index contributed by atoms with van der Waals surface area (Å²) in [5.74, 6) is 8.72. The minimum Gasteiger partial charge on any atom is -0.490 e. The summed E-state index contributed by atoms with van der Waals surface area (Å²) in [5.41, 5.74) is 0. The van der Waals surface area contributed by atoms with Crippen molar-refractivity contribution in [2.45, 2.75) is 21.4 Å². The molecule has 0 bridgehead atoms. The maximum Gasteiger partial charge on any atom is 0.330 e. The topological polar surface area (TPSA) is 71.1 Å². The van der Waals surface area contributed by atoms with Gasteiger partial charge >= 0.3 is 11.9 Å². The predicted octanol–water partition coefficient (Wildman–Crippen LogP) is 6.87. The number of hydrogen-bond acceptors (Lipinski definition) is 12. The molecule has 2 aromatic rings. The fourth-order valence-electron chi connectivity index (χ4n) is 4.02. The lowest BCUT2D eigenvalue weighted by atomic mass is 10.1. The van der Waals surface area contributed by atoms with Crippen molar-refractivity contribution in [2.75, 3.05) is 59.2 Å². The first-order valence-corrected chi connectivity index (χ1v) is 20.1. The lowest BCUT2D eigenvalue weighted by Crippen LogP contribution is -2.27. The highest BCUT2D eigenvalue weighted by molar-refractivity contribution is 8.21. The van der Waals surface area contributed by atoms with Gasteiger partial charge in [-0.05, 0) is 35.0 Å². The van der Waals surface area contributed by atoms with E-state index in [1.165, 1.54) is 35.2 Å². The average molecular weight is 685 g/mol. The molecule has 0 N–H and O–H groups in total. The number of carbonyl (C=O) groups excluding carboxylic acids is 2. The SMILES string of the molecule is C=CC(=O)OC(COc1ccc2cc(OCC(CSCC3SCCS3)OC(=O)C=C)ccc2c1)CSCC1SCCS1. The van der Waals surface area contributed by atoms with Crippen LogP contribution < -0.4 is 9.47 Å². The fraction of sp³-hybridized carbons (Fsp3) is 0.467. The van der Waals surface area contributed by atoms with E-state index >= 15 is 0 Å². The van der Waals surface area contributed by atoms with E-state index in [-0.39, 0.29) is 25.4 Å². The van der Waals surface area contributed by atoms with Gasteiger partial charge in [-0.25, -0.2) is 9.59 Å². The quantitative estimate of drug-likeness (QED) is 0.122. The largest absolute Gasteiger partial charge is 0.490 e. The normalized spacial score (nSPS) is 17.0. The van der Waals surface area contributed by atoms with Crippen molar-refractivity contribution in [1.82, 2.24) is 0 Å². The van der Waals surface area contributed by atoms with Crippen molar-refractivity contribution in [3.8, 4) is 11.5 Å². The van der Waals surface area contributed by atoms with Crippen molar-refractivity contribution in [3.63, 3.8) is 0 Å². The number of rotatable bonds is 18. The lowest BCUT2D eigenvalue weighted by Gasteiger charge is -2.19. The van der Waals surface area contributed by atoms with Gasteiger partial charge in [0.2, 0.25) is 0 Å². The van der Waals surface area contributed by atoms with E-state index < -0.39 is 11.9 Å². The molecule has 4 rings (SSSR count). The summed E-state index contributed by atoms with van der Waals surface area (Å²) in [6.07, 6.45) is 1.66. The summed E-state index contributed by atoms with van der Waals surface area (Å²) in [4.78, 5) is 23.7. The summed E-state index contributed by atoms with van der Waals surface area (Å²) in [6.45, 7) is 7.57. The zero-order chi connectivity index (χ0) is 29.6. The molecular formula is C30H36O6S6. The molecule has 2 saturated heterocycles. The van der Waals surface area contributed by atoms with E-state index in [2.05, 4.69) is 13.2 Å². The number of ether oxygens (including phenoxy) is 4. The van der Waals surface area contributed by atoms with Crippen LogP contribution in [0.3, 0.4) is 0 Å². The van der Waals surface area contributed by atoms with Crippen LogP contribution in [-0.2, 0) is 19.1 Å². The highest BCUT2D eigenvalue weighted by Crippen LogP contribution is 2.35. The first-order valence-electron chi connectivity index (χ1n) is 13.6. The van der Waals surface area contributed by atoms with Gasteiger partial charge in [-0.1, -0.05) is 25.3 Å². The molecule has 42 heavy (non-hydrogen) atoms. The van der Waals surface area contributed by atoms with E-state index in [4.69, 9.17) is 18.9 Å². The van der Waals surface area contributed by atoms with Gasteiger partial charge in [0.05, 0.1) is 9.16 Å². The van der Waals surface area contributed by atoms with Gasteiger partial charge in [0, 0.05) is 58.2 Å². The number of thioether (sulfide) groups is 6. The molecule has 228 valence electrons. The maximum absolute atomic E-state index is 11.9. The maximum atomic E-state index is 11.9. The molecule has 0 saturated carbocycles. The Kier molecular flexibility index (Phi) is 14.9. The van der Waals surface area contributed by atoms with Gasteiger partial charge < -0.3 is 18.9 Å². The molecule has 2 atom stereocenters. The van der Waals surface area contributed by atoms with Gasteiger partial charge in [-0.2, -0.15) is 23.5 Å². The van der Waals surface area contributed by atoms with E-state index in [9.17, 15) is 9.59 Å². The minimum atomic E-state index is -0.438. The third-order valence-electron chi connectivity index (χ3n) is 6.05. The molecule has 0 spiro atoms. The predicted molar refractivity (Wildman–Crippen MR) is 187 cm³/mol. The van der Waals surface area contributed by atoms with Crippen molar-refractivity contribution in [1.29, 1.82) is 0 Å². The van der Waals surface area contributed by atoms with Crippen LogP contribution >= 0.6 is 70.6 Å². The molecule has 2 fully saturated rings. The summed E-state index contributed by atoms with van der Waals surface area (Å²) >= 11 is 11.5. The van der Waals surface area contributed by atoms with Crippen LogP contribution in [0.4, 0.5) is 0 Å². The van der Waals surface area contributed by atoms with Crippen LogP contribution in [0.1, 0.15) is 0 Å². The van der Waals surface area contributed by atoms with E-state index in [1.807, 2.05) is 83.4 Å². The molecule has 2 aliphatic rings. The fourth-order valence-corrected chi connectivity index (χ4v) is 12.7. The van der Waals surface area contributed by atoms with Gasteiger partial charge in [0.1, 0.15) is 36.9 Å². The molecule has 0 aromatic heterocycles. The molecule has 0 aliphatic carbocycles. The molecule has 0 radical (unpaired) electrons. The number of carbonyl (C=O) groups is 2. The molecule has 6 nitrogen and oxygen atoms in total. The summed E-state index contributed by atoms with van der Waals surface area (Å²) in [6, 6.07) is 11.7. The second kappa shape index (κ2) is 18.6. The average Bonchev–Trinajstić information content (AvgIpc) is 3.73. The highest BCUT2D eigenvalue weighted by Gasteiger charge is 2.21. The Balaban J connectivity index is 1.28. The van der Waals surface area contributed by atoms with Crippen LogP contribution in [0.15, 0.2) is 61.7 Å². The van der Waals surface area contributed by atoms with E-state index in [1.54, 1.807) is 23.5 Å². The Morgan fingerprint density at radius 1 is 0.738 bits per heavy atom. The van der Waals surface area contributed by atoms with Crippen LogP contribution in [0.25, 0.3) is 10.8 Å². The molecule has 2 unspecified atom stereocenters. The van der Waals surface area contributed by atoms with Crippen molar-refractivity contribution in [2.24, 2.45) is 0 Å². The van der Waals surface area contributed by atoms with Crippen LogP contribution in [0, 0.1) is 0 Å². The molecule has 2 aromatic carbocycles. The van der Waals surface area contributed by atoms with Gasteiger partial charge in [0.15, 0.2) is 0 Å². The Labute approximate surface area is 274 Å². The molecule has 0 amide bonds. The van der Waals surface area contributed by atoms with Crippen molar-refractivity contribution in [3.05, 3.63) is 61.7 Å². The van der Waals surface area contributed by atoms with Crippen LogP contribution in [0.2, 0.25) is 0 Å². The van der Waals surface area contributed by atoms with Crippen LogP contribution in [0.5, 0.6) is 11.5 Å². The molecule has 2 aliphatic heterocycles. The monoisotopic (exact) mass is 684 g/mol. The first kappa shape index (κ1) is 33.7. The summed E-state index contributed by atoms with van der Waals surface area (Å²) in [5, 5.41) is 2.00.